The fourth-order valence-electron chi connectivity index (χ4n) is 2.89. The molecule has 150 valence electrons. The average molecular weight is 401 g/mol. The van der Waals surface area contributed by atoms with Gasteiger partial charge in [0.05, 0.1) is 23.8 Å². The van der Waals surface area contributed by atoms with Gasteiger partial charge < -0.3 is 15.8 Å². The lowest BCUT2D eigenvalue weighted by molar-refractivity contribution is 0.235. The molecule has 1 aliphatic heterocycles. The molecule has 0 radical (unpaired) electrons. The largest absolute Gasteiger partial charge is 0.474 e. The van der Waals surface area contributed by atoms with E-state index in [9.17, 15) is 4.79 Å². The van der Waals surface area contributed by atoms with Crippen molar-refractivity contribution in [3.63, 3.8) is 0 Å². The second-order valence-electron chi connectivity index (χ2n) is 6.55. The summed E-state index contributed by atoms with van der Waals surface area (Å²) in [5.41, 5.74) is 8.08. The molecule has 1 aliphatic rings. The molecule has 0 spiro atoms. The number of nitrogens with one attached hydrogen (secondary N) is 1. The van der Waals surface area contributed by atoms with Crippen molar-refractivity contribution >= 4 is 17.7 Å². The van der Waals surface area contributed by atoms with E-state index in [2.05, 4.69) is 37.1 Å². The third kappa shape index (κ3) is 4.28. The van der Waals surface area contributed by atoms with Crippen molar-refractivity contribution in [3.8, 4) is 17.7 Å². The highest BCUT2D eigenvalue weighted by molar-refractivity contribution is 5.94. The number of hydrogen-bond acceptors (Lipinski definition) is 7. The minimum atomic E-state index is -0.253. The van der Waals surface area contributed by atoms with Gasteiger partial charge in [-0.3, -0.25) is 9.88 Å². The Bertz CT molecular complexity index is 1110. The monoisotopic (exact) mass is 401 g/mol. The van der Waals surface area contributed by atoms with E-state index in [1.807, 2.05) is 25.1 Å². The van der Waals surface area contributed by atoms with E-state index < -0.39 is 0 Å². The number of nitrogens with two attached hydrogens (primary N) is 1. The number of carbonyl (C=O) groups is 1. The molecule has 9 heteroatoms. The first-order valence-corrected chi connectivity index (χ1v) is 9.31. The van der Waals surface area contributed by atoms with Crippen LogP contribution in [0.1, 0.15) is 29.8 Å². The molecular formula is C21H19N7O2. The van der Waals surface area contributed by atoms with Crippen molar-refractivity contribution < 1.29 is 9.53 Å². The lowest BCUT2D eigenvalue weighted by Crippen LogP contribution is -2.45. The van der Waals surface area contributed by atoms with Crippen LogP contribution in [0.3, 0.4) is 0 Å². The van der Waals surface area contributed by atoms with Gasteiger partial charge in [-0.1, -0.05) is 17.9 Å². The Hall–Kier alpha value is -4.19. The number of urea groups is 1. The third-order valence-electron chi connectivity index (χ3n) is 4.42. The van der Waals surface area contributed by atoms with E-state index in [0.717, 1.165) is 5.69 Å². The molecule has 2 amide bonds. The van der Waals surface area contributed by atoms with Gasteiger partial charge in [-0.15, -0.1) is 0 Å². The quantitative estimate of drug-likeness (QED) is 0.630. The summed E-state index contributed by atoms with van der Waals surface area (Å²) in [6.45, 7) is 2.65. The second-order valence-corrected chi connectivity index (χ2v) is 6.55. The minimum absolute atomic E-state index is 0.190. The molecule has 0 fully saturated rings. The molecule has 1 atom stereocenters. The number of hydrogen-bond donors (Lipinski definition) is 2. The zero-order valence-electron chi connectivity index (χ0n) is 16.2. The number of rotatable bonds is 2. The molecule has 3 aromatic heterocycles. The van der Waals surface area contributed by atoms with Crippen LogP contribution in [0, 0.1) is 11.8 Å². The summed E-state index contributed by atoms with van der Waals surface area (Å²) in [7, 11) is 0. The van der Waals surface area contributed by atoms with E-state index >= 15 is 0 Å². The number of nitrogens with zero attached hydrogens (tertiary/aromatic N) is 5. The third-order valence-corrected chi connectivity index (χ3v) is 4.42. The maximum atomic E-state index is 12.9. The molecule has 0 saturated carbocycles. The molecule has 30 heavy (non-hydrogen) atoms. The lowest BCUT2D eigenvalue weighted by Gasteiger charge is -2.29. The van der Waals surface area contributed by atoms with Crippen LogP contribution in [0.4, 0.5) is 16.4 Å². The van der Waals surface area contributed by atoms with Crippen molar-refractivity contribution in [2.75, 3.05) is 23.8 Å². The average Bonchev–Trinajstić information content (AvgIpc) is 2.78. The van der Waals surface area contributed by atoms with Gasteiger partial charge in [-0.2, -0.15) is 0 Å². The molecule has 0 saturated heterocycles. The Morgan fingerprint density at radius 3 is 2.70 bits per heavy atom. The van der Waals surface area contributed by atoms with Gasteiger partial charge in [0.2, 0.25) is 11.8 Å². The van der Waals surface area contributed by atoms with Gasteiger partial charge in [0.1, 0.15) is 12.3 Å². The van der Waals surface area contributed by atoms with Gasteiger partial charge >= 0.3 is 6.03 Å². The summed E-state index contributed by atoms with van der Waals surface area (Å²) in [6.07, 6.45) is 6.39. The topological polar surface area (TPSA) is 119 Å². The molecule has 0 aliphatic carbocycles. The van der Waals surface area contributed by atoms with E-state index in [1.165, 1.54) is 0 Å². The van der Waals surface area contributed by atoms with Gasteiger partial charge in [0, 0.05) is 30.4 Å². The molecule has 4 rings (SSSR count). The Kier molecular flexibility index (Phi) is 5.39. The zero-order valence-corrected chi connectivity index (χ0v) is 16.2. The summed E-state index contributed by atoms with van der Waals surface area (Å²) < 4.78 is 5.60. The maximum Gasteiger partial charge on any atom is 0.322 e. The maximum absolute atomic E-state index is 12.9. The number of amides is 2. The molecule has 4 heterocycles. The van der Waals surface area contributed by atoms with Crippen LogP contribution < -0.4 is 20.7 Å². The number of aromatic nitrogens is 4. The summed E-state index contributed by atoms with van der Waals surface area (Å²) >= 11 is 0. The highest BCUT2D eigenvalue weighted by Gasteiger charge is 2.26. The van der Waals surface area contributed by atoms with Crippen LogP contribution in [0.15, 0.2) is 49.1 Å². The summed E-state index contributed by atoms with van der Waals surface area (Å²) in [6, 6.07) is 6.87. The highest BCUT2D eigenvalue weighted by Crippen LogP contribution is 2.30. The molecule has 0 aromatic carbocycles. The predicted octanol–water partition coefficient (Wildman–Crippen LogP) is 1.92. The number of carbonyl (C=O) groups excluding carboxylic acids is 1. The smallest absolute Gasteiger partial charge is 0.322 e. The van der Waals surface area contributed by atoms with Crippen LogP contribution in [0.25, 0.3) is 0 Å². The highest BCUT2D eigenvalue weighted by atomic mass is 16.5. The standard InChI is InChI=1S/C21H19N7O2/c1-14(17-4-2-3-7-23-17)27-21(29)28-8-9-30-19-18(28)10-15(11-24-19)5-6-16-12-25-20(22)26-13-16/h2-4,7,10-14H,8-9H2,1H3,(H,27,29)(H2,22,25,26)/t14-/m0/s1. The SMILES string of the molecule is C[C@H](NC(=O)N1CCOc2ncc(C#Cc3cnc(N)nc3)cc21)c1ccccn1. The predicted molar refractivity (Wildman–Crippen MR) is 111 cm³/mol. The normalized spacial score (nSPS) is 13.3. The molecule has 3 aromatic rings. The number of nitrogen functional groups attached to an aromatic ring is 1. The van der Waals surface area contributed by atoms with Gasteiger partial charge in [-0.05, 0) is 25.1 Å². The van der Waals surface area contributed by atoms with Gasteiger partial charge in [0.25, 0.3) is 0 Å². The molecule has 0 bridgehead atoms. The van der Waals surface area contributed by atoms with E-state index in [1.54, 1.807) is 35.8 Å². The molecule has 9 nitrogen and oxygen atoms in total. The Labute approximate surface area is 173 Å². The second kappa shape index (κ2) is 8.45. The van der Waals surface area contributed by atoms with Crippen molar-refractivity contribution in [3.05, 3.63) is 65.9 Å². The van der Waals surface area contributed by atoms with Crippen molar-refractivity contribution in [1.82, 2.24) is 25.3 Å². The Morgan fingerprint density at radius 1 is 1.17 bits per heavy atom. The number of pyridine rings is 2. The Balaban J connectivity index is 1.55. The van der Waals surface area contributed by atoms with Crippen LogP contribution in [0.2, 0.25) is 0 Å². The number of ether oxygens (including phenoxy) is 1. The van der Waals surface area contributed by atoms with Crippen LogP contribution in [0.5, 0.6) is 5.88 Å². The first-order chi connectivity index (χ1) is 14.6. The fourth-order valence-corrected chi connectivity index (χ4v) is 2.89. The van der Waals surface area contributed by atoms with Gasteiger partial charge in [0.15, 0.2) is 0 Å². The summed E-state index contributed by atoms with van der Waals surface area (Å²) in [5.74, 6) is 6.53. The van der Waals surface area contributed by atoms with Gasteiger partial charge in [-0.25, -0.2) is 19.7 Å². The minimum Gasteiger partial charge on any atom is -0.474 e. The summed E-state index contributed by atoms with van der Waals surface area (Å²) in [4.78, 5) is 30.9. The number of fused-ring (bicyclic) bond motifs is 1. The van der Waals surface area contributed by atoms with E-state index in [0.29, 0.717) is 35.8 Å². The van der Waals surface area contributed by atoms with E-state index in [-0.39, 0.29) is 18.0 Å². The van der Waals surface area contributed by atoms with Crippen LogP contribution >= 0.6 is 0 Å². The lowest BCUT2D eigenvalue weighted by atomic mass is 10.2. The van der Waals surface area contributed by atoms with Crippen LogP contribution in [-0.2, 0) is 0 Å². The Morgan fingerprint density at radius 2 is 1.93 bits per heavy atom. The zero-order chi connectivity index (χ0) is 20.9. The molecular weight excluding hydrogens is 382 g/mol. The first kappa shape index (κ1) is 19.1. The van der Waals surface area contributed by atoms with E-state index in [4.69, 9.17) is 10.5 Å². The fraction of sp³-hybridized carbons (Fsp3) is 0.190. The molecule has 0 unspecified atom stereocenters. The van der Waals surface area contributed by atoms with Crippen molar-refractivity contribution in [2.45, 2.75) is 13.0 Å². The summed E-state index contributed by atoms with van der Waals surface area (Å²) in [5, 5.41) is 2.97. The van der Waals surface area contributed by atoms with Crippen LogP contribution in [-0.4, -0.2) is 39.1 Å². The van der Waals surface area contributed by atoms with Crippen molar-refractivity contribution in [1.29, 1.82) is 0 Å². The number of anilines is 2. The van der Waals surface area contributed by atoms with Crippen molar-refractivity contribution in [2.24, 2.45) is 0 Å². The first-order valence-electron chi connectivity index (χ1n) is 9.31. The molecule has 3 N–H and O–H groups in total.